The molecule has 0 atom stereocenters. The van der Waals surface area contributed by atoms with Crippen molar-refractivity contribution in [3.63, 3.8) is 0 Å². The number of rotatable bonds is 4. The second kappa shape index (κ2) is 5.00. The maximum absolute atomic E-state index is 11.5. The van der Waals surface area contributed by atoms with Crippen LogP contribution in [0.25, 0.3) is 0 Å². The molecule has 0 radical (unpaired) electrons. The molecule has 0 aromatic heterocycles. The highest BCUT2D eigenvalue weighted by molar-refractivity contribution is 6.63. The summed E-state index contributed by atoms with van der Waals surface area (Å²) in [5.74, 6) is -0.634. The van der Waals surface area contributed by atoms with Gasteiger partial charge < -0.3 is 19.2 Å². The largest absolute Gasteiger partial charge is 0.498 e. The highest BCUT2D eigenvalue weighted by Crippen LogP contribution is 2.38. The Morgan fingerprint density at radius 3 is 2.32 bits per heavy atom. The molecule has 1 heterocycles. The zero-order chi connectivity index (χ0) is 16.1. The van der Waals surface area contributed by atoms with Crippen molar-refractivity contribution in [2.24, 2.45) is 0 Å². The molecular formula is C16H21BO5. The van der Waals surface area contributed by atoms with E-state index < -0.39 is 24.3 Å². The third-order valence-electron chi connectivity index (χ3n) is 4.59. The van der Waals surface area contributed by atoms with Gasteiger partial charge in [-0.2, -0.15) is 0 Å². The van der Waals surface area contributed by atoms with Crippen molar-refractivity contribution in [2.75, 3.05) is 0 Å². The summed E-state index contributed by atoms with van der Waals surface area (Å²) in [4.78, 5) is 11.5. The average molecular weight is 304 g/mol. The van der Waals surface area contributed by atoms with E-state index in [1.165, 1.54) is 0 Å². The van der Waals surface area contributed by atoms with Crippen LogP contribution in [-0.2, 0) is 9.31 Å². The van der Waals surface area contributed by atoms with E-state index in [1.807, 2.05) is 33.8 Å². The van der Waals surface area contributed by atoms with Gasteiger partial charge in [-0.3, -0.25) is 0 Å². The van der Waals surface area contributed by atoms with Crippen LogP contribution in [0.15, 0.2) is 18.2 Å². The summed E-state index contributed by atoms with van der Waals surface area (Å²) in [7, 11) is -0.627. The first kappa shape index (κ1) is 15.4. The van der Waals surface area contributed by atoms with E-state index in [4.69, 9.17) is 14.0 Å². The summed E-state index contributed by atoms with van der Waals surface area (Å²) in [6.45, 7) is 7.87. The predicted molar refractivity (Wildman–Crippen MR) is 82.8 cm³/mol. The van der Waals surface area contributed by atoms with Gasteiger partial charge in [0.1, 0.15) is 11.3 Å². The standard InChI is InChI=1S/C16H21BO5/c1-15(2)16(3,4)22-17(21-15)12-7-5-6-11(14(18)19)13(12)20-10-8-9-10/h5-7,10H,8-9H2,1-4H3,(H,18,19). The topological polar surface area (TPSA) is 65.0 Å². The molecule has 0 unspecified atom stereocenters. The molecular weight excluding hydrogens is 283 g/mol. The molecule has 5 nitrogen and oxygen atoms in total. The van der Waals surface area contributed by atoms with Crippen molar-refractivity contribution in [3.05, 3.63) is 23.8 Å². The Hall–Kier alpha value is -1.53. The van der Waals surface area contributed by atoms with Crippen molar-refractivity contribution in [2.45, 2.75) is 57.8 Å². The fourth-order valence-electron chi connectivity index (χ4n) is 2.36. The summed E-state index contributed by atoms with van der Waals surface area (Å²) in [6.07, 6.45) is 2.01. The first-order valence-corrected chi connectivity index (χ1v) is 7.60. The first-order valence-electron chi connectivity index (χ1n) is 7.60. The third-order valence-corrected chi connectivity index (χ3v) is 4.59. The van der Waals surface area contributed by atoms with Gasteiger partial charge in [0.15, 0.2) is 0 Å². The van der Waals surface area contributed by atoms with Crippen LogP contribution in [0.4, 0.5) is 0 Å². The molecule has 1 aliphatic heterocycles. The molecule has 1 aliphatic carbocycles. The van der Waals surface area contributed by atoms with Gasteiger partial charge in [-0.15, -0.1) is 0 Å². The molecule has 0 bridgehead atoms. The first-order chi connectivity index (χ1) is 10.2. The highest BCUT2D eigenvalue weighted by Gasteiger charge is 2.53. The lowest BCUT2D eigenvalue weighted by Crippen LogP contribution is -2.41. The molecule has 2 fully saturated rings. The van der Waals surface area contributed by atoms with Gasteiger partial charge in [0, 0.05) is 5.46 Å². The number of ether oxygens (including phenoxy) is 1. The van der Waals surface area contributed by atoms with Crippen LogP contribution in [0.2, 0.25) is 0 Å². The summed E-state index contributed by atoms with van der Waals surface area (Å²) in [5.41, 5.74) is -0.161. The molecule has 1 aromatic carbocycles. The monoisotopic (exact) mass is 304 g/mol. The van der Waals surface area contributed by atoms with Gasteiger partial charge >= 0.3 is 13.1 Å². The van der Waals surface area contributed by atoms with Gasteiger partial charge in [0.2, 0.25) is 0 Å². The number of benzene rings is 1. The number of carboxylic acids is 1. The Balaban J connectivity index is 2.00. The number of para-hydroxylation sites is 1. The zero-order valence-electron chi connectivity index (χ0n) is 13.4. The summed E-state index contributed by atoms with van der Waals surface area (Å²) in [5, 5.41) is 9.41. The Labute approximate surface area is 130 Å². The molecule has 22 heavy (non-hydrogen) atoms. The van der Waals surface area contributed by atoms with Gasteiger partial charge in [-0.05, 0) is 46.6 Å². The number of hydrogen-bond acceptors (Lipinski definition) is 4. The fourth-order valence-corrected chi connectivity index (χ4v) is 2.36. The minimum atomic E-state index is -1.01. The van der Waals surface area contributed by atoms with Crippen molar-refractivity contribution >= 4 is 18.6 Å². The summed E-state index contributed by atoms with van der Waals surface area (Å²) >= 11 is 0. The van der Waals surface area contributed by atoms with E-state index in [2.05, 4.69) is 0 Å². The van der Waals surface area contributed by atoms with Gasteiger partial charge in [0.25, 0.3) is 0 Å². The van der Waals surface area contributed by atoms with E-state index in [0.717, 1.165) is 12.8 Å². The minimum absolute atomic E-state index is 0.0988. The van der Waals surface area contributed by atoms with Gasteiger partial charge in [0.05, 0.1) is 17.3 Å². The lowest BCUT2D eigenvalue weighted by Gasteiger charge is -2.32. The second-order valence-corrected chi connectivity index (χ2v) is 6.93. The fraction of sp³-hybridized carbons (Fsp3) is 0.562. The van der Waals surface area contributed by atoms with E-state index >= 15 is 0 Å². The molecule has 3 rings (SSSR count). The van der Waals surface area contributed by atoms with Gasteiger partial charge in [-0.25, -0.2) is 4.79 Å². The Bertz CT molecular complexity index is 591. The van der Waals surface area contributed by atoms with Crippen molar-refractivity contribution in [1.82, 2.24) is 0 Å². The van der Waals surface area contributed by atoms with E-state index in [-0.39, 0.29) is 11.7 Å². The number of hydrogen-bond donors (Lipinski definition) is 1. The minimum Gasteiger partial charge on any atom is -0.490 e. The number of aromatic carboxylic acids is 1. The summed E-state index contributed by atoms with van der Waals surface area (Å²) < 4.78 is 17.9. The van der Waals surface area contributed by atoms with E-state index in [1.54, 1.807) is 12.1 Å². The van der Waals surface area contributed by atoms with E-state index in [0.29, 0.717) is 11.2 Å². The van der Waals surface area contributed by atoms with Crippen LogP contribution < -0.4 is 10.2 Å². The molecule has 118 valence electrons. The zero-order valence-corrected chi connectivity index (χ0v) is 13.4. The van der Waals surface area contributed by atoms with Gasteiger partial charge in [-0.1, -0.05) is 12.1 Å². The smallest absolute Gasteiger partial charge is 0.490 e. The molecule has 1 N–H and O–H groups in total. The van der Waals surface area contributed by atoms with Crippen LogP contribution >= 0.6 is 0 Å². The number of carboxylic acid groups (broad SMARTS) is 1. The van der Waals surface area contributed by atoms with Crippen molar-refractivity contribution < 1.29 is 23.9 Å². The Morgan fingerprint density at radius 1 is 1.23 bits per heavy atom. The van der Waals surface area contributed by atoms with Crippen molar-refractivity contribution in [3.8, 4) is 5.75 Å². The van der Waals surface area contributed by atoms with Crippen LogP contribution in [0.1, 0.15) is 50.9 Å². The quantitative estimate of drug-likeness (QED) is 0.864. The maximum atomic E-state index is 11.5. The summed E-state index contributed by atoms with van der Waals surface area (Å²) in [6, 6.07) is 5.06. The highest BCUT2D eigenvalue weighted by atomic mass is 16.7. The molecule has 1 saturated carbocycles. The van der Waals surface area contributed by atoms with E-state index in [9.17, 15) is 9.90 Å². The Morgan fingerprint density at radius 2 is 1.82 bits per heavy atom. The molecule has 1 aromatic rings. The predicted octanol–water partition coefficient (Wildman–Crippen LogP) is 2.23. The van der Waals surface area contributed by atoms with Crippen LogP contribution in [-0.4, -0.2) is 35.5 Å². The van der Waals surface area contributed by atoms with Crippen LogP contribution in [0, 0.1) is 0 Å². The van der Waals surface area contributed by atoms with Crippen molar-refractivity contribution in [1.29, 1.82) is 0 Å². The average Bonchev–Trinajstić information content (AvgIpc) is 3.17. The molecule has 2 aliphatic rings. The molecule has 1 saturated heterocycles. The second-order valence-electron chi connectivity index (χ2n) is 6.93. The lowest BCUT2D eigenvalue weighted by atomic mass is 9.77. The number of carbonyl (C=O) groups is 1. The van der Waals surface area contributed by atoms with Crippen LogP contribution in [0.5, 0.6) is 5.75 Å². The van der Waals surface area contributed by atoms with Crippen LogP contribution in [0.3, 0.4) is 0 Å². The third kappa shape index (κ3) is 2.61. The molecule has 0 spiro atoms. The normalized spacial score (nSPS) is 22.6. The molecule has 0 amide bonds. The lowest BCUT2D eigenvalue weighted by molar-refractivity contribution is 0.00578. The molecule has 6 heteroatoms. The maximum Gasteiger partial charge on any atom is 0.498 e. The SMILES string of the molecule is CC1(C)OB(c2cccc(C(=O)O)c2OC2CC2)OC1(C)C. The Kier molecular flexibility index (Phi) is 3.49.